The lowest BCUT2D eigenvalue weighted by atomic mass is 10.1. The number of aromatic nitrogens is 5. The van der Waals surface area contributed by atoms with Crippen molar-refractivity contribution in [2.24, 2.45) is 0 Å². The van der Waals surface area contributed by atoms with Crippen molar-refractivity contribution in [1.82, 2.24) is 29.4 Å². The van der Waals surface area contributed by atoms with Crippen LogP contribution in [0.5, 0.6) is 0 Å². The summed E-state index contributed by atoms with van der Waals surface area (Å²) in [6, 6.07) is 11.5. The molecule has 28 heavy (non-hydrogen) atoms. The second kappa shape index (κ2) is 6.85. The molecular weight excluding hydrogens is 348 g/mol. The summed E-state index contributed by atoms with van der Waals surface area (Å²) in [6.07, 6.45) is 3.48. The summed E-state index contributed by atoms with van der Waals surface area (Å²) in [7, 11) is 0. The second-order valence-electron chi connectivity index (χ2n) is 8.14. The Labute approximate surface area is 166 Å². The van der Waals surface area contributed by atoms with Crippen molar-refractivity contribution in [3.8, 4) is 11.4 Å². The number of hydrogen-bond acceptors (Lipinski definition) is 4. The molecule has 0 N–H and O–H groups in total. The first-order valence-corrected chi connectivity index (χ1v) is 10.4. The van der Waals surface area contributed by atoms with Crippen LogP contribution in [0.25, 0.3) is 11.4 Å². The van der Waals surface area contributed by atoms with Crippen LogP contribution in [0.1, 0.15) is 42.5 Å². The minimum atomic E-state index is 0.536. The van der Waals surface area contributed by atoms with Crippen LogP contribution in [0.2, 0.25) is 0 Å². The largest absolute Gasteiger partial charge is 0.309 e. The number of aryl methyl sites for hydroxylation is 2. The van der Waals surface area contributed by atoms with E-state index in [4.69, 9.17) is 5.10 Å². The number of nitrogens with zero attached hydrogens (tertiary/aromatic N) is 6. The molecule has 6 nitrogen and oxygen atoms in total. The van der Waals surface area contributed by atoms with Crippen LogP contribution in [-0.4, -0.2) is 41.5 Å². The third-order valence-electron chi connectivity index (χ3n) is 6.61. The van der Waals surface area contributed by atoms with Crippen LogP contribution in [0.3, 0.4) is 0 Å². The summed E-state index contributed by atoms with van der Waals surface area (Å²) in [6.45, 7) is 9.42. The van der Waals surface area contributed by atoms with Gasteiger partial charge < -0.3 is 4.57 Å². The highest BCUT2D eigenvalue weighted by molar-refractivity contribution is 5.55. The fraction of sp³-hybridized carbons (Fsp3) is 0.500. The Bertz CT molecular complexity index is 986. The molecule has 5 rings (SSSR count). The Morgan fingerprint density at radius 3 is 2.57 bits per heavy atom. The van der Waals surface area contributed by atoms with Gasteiger partial charge in [0.05, 0.1) is 5.69 Å². The van der Waals surface area contributed by atoms with E-state index in [2.05, 4.69) is 69.4 Å². The fourth-order valence-electron chi connectivity index (χ4n) is 5.04. The summed E-state index contributed by atoms with van der Waals surface area (Å²) in [5, 5.41) is 13.8. The van der Waals surface area contributed by atoms with Crippen molar-refractivity contribution < 1.29 is 0 Å². The van der Waals surface area contributed by atoms with E-state index in [1.54, 1.807) is 0 Å². The van der Waals surface area contributed by atoms with Gasteiger partial charge in [0.1, 0.15) is 5.82 Å². The van der Waals surface area contributed by atoms with Gasteiger partial charge in [-0.2, -0.15) is 5.10 Å². The molecule has 0 radical (unpaired) electrons. The van der Waals surface area contributed by atoms with E-state index in [0.29, 0.717) is 12.1 Å². The Morgan fingerprint density at radius 1 is 1.04 bits per heavy atom. The van der Waals surface area contributed by atoms with E-state index in [-0.39, 0.29) is 0 Å². The minimum Gasteiger partial charge on any atom is -0.309 e. The van der Waals surface area contributed by atoms with Gasteiger partial charge in [0.15, 0.2) is 5.82 Å². The van der Waals surface area contributed by atoms with E-state index in [0.717, 1.165) is 43.3 Å². The fourth-order valence-corrected chi connectivity index (χ4v) is 5.04. The quantitative estimate of drug-likeness (QED) is 0.701. The molecule has 2 bridgehead atoms. The van der Waals surface area contributed by atoms with E-state index >= 15 is 0 Å². The third-order valence-corrected chi connectivity index (χ3v) is 6.61. The molecule has 0 aliphatic carbocycles. The summed E-state index contributed by atoms with van der Waals surface area (Å²) < 4.78 is 4.49. The molecule has 6 heteroatoms. The molecule has 4 heterocycles. The molecule has 146 valence electrons. The van der Waals surface area contributed by atoms with Crippen molar-refractivity contribution >= 4 is 0 Å². The molecule has 1 saturated heterocycles. The molecule has 0 saturated carbocycles. The standard InChI is InChI=1S/C22H28N6/c1-4-28-16(3)20(15(2)25-28)14-26-18-10-11-19(26)13-27-21(12-18)23-24-22(27)17-8-6-5-7-9-17/h5-9,18-19H,4,10-14H2,1-3H3/t18-,19+/m0/s1. The maximum Gasteiger partial charge on any atom is 0.164 e. The molecule has 2 aliphatic heterocycles. The molecule has 2 aliphatic rings. The van der Waals surface area contributed by atoms with Gasteiger partial charge in [-0.1, -0.05) is 30.3 Å². The predicted octanol–water partition coefficient (Wildman–Crippen LogP) is 3.37. The highest BCUT2D eigenvalue weighted by atomic mass is 15.3. The van der Waals surface area contributed by atoms with E-state index < -0.39 is 0 Å². The van der Waals surface area contributed by atoms with E-state index in [1.165, 1.54) is 29.8 Å². The first-order valence-electron chi connectivity index (χ1n) is 10.4. The van der Waals surface area contributed by atoms with Gasteiger partial charge in [0, 0.05) is 55.0 Å². The molecule has 1 aromatic carbocycles. The van der Waals surface area contributed by atoms with Crippen molar-refractivity contribution in [3.63, 3.8) is 0 Å². The highest BCUT2D eigenvalue weighted by Crippen LogP contribution is 2.35. The third kappa shape index (κ3) is 2.78. The Morgan fingerprint density at radius 2 is 1.82 bits per heavy atom. The number of benzene rings is 1. The molecule has 0 amide bonds. The van der Waals surface area contributed by atoms with Crippen LogP contribution in [0, 0.1) is 13.8 Å². The van der Waals surface area contributed by atoms with Crippen molar-refractivity contribution in [3.05, 3.63) is 53.1 Å². The first kappa shape index (κ1) is 17.6. The van der Waals surface area contributed by atoms with Gasteiger partial charge in [-0.3, -0.25) is 9.58 Å². The first-order chi connectivity index (χ1) is 13.7. The Hall–Kier alpha value is -2.47. The molecule has 0 spiro atoms. The lowest BCUT2D eigenvalue weighted by Gasteiger charge is -2.28. The predicted molar refractivity (Wildman–Crippen MR) is 109 cm³/mol. The topological polar surface area (TPSA) is 51.8 Å². The van der Waals surface area contributed by atoms with Crippen LogP contribution in [-0.2, 0) is 26.1 Å². The smallest absolute Gasteiger partial charge is 0.164 e. The Kier molecular flexibility index (Phi) is 4.31. The average molecular weight is 377 g/mol. The van der Waals surface area contributed by atoms with Crippen LogP contribution < -0.4 is 0 Å². The molecule has 1 fully saturated rings. The van der Waals surface area contributed by atoms with Gasteiger partial charge in [0.25, 0.3) is 0 Å². The Balaban J connectivity index is 1.45. The zero-order valence-corrected chi connectivity index (χ0v) is 17.0. The van der Waals surface area contributed by atoms with Crippen LogP contribution in [0.4, 0.5) is 0 Å². The average Bonchev–Trinajstić information content (AvgIpc) is 3.32. The van der Waals surface area contributed by atoms with Crippen molar-refractivity contribution in [2.75, 3.05) is 0 Å². The lowest BCUT2D eigenvalue weighted by molar-refractivity contribution is 0.180. The number of hydrogen-bond donors (Lipinski definition) is 0. The second-order valence-corrected chi connectivity index (χ2v) is 8.14. The summed E-state index contributed by atoms with van der Waals surface area (Å²) >= 11 is 0. The summed E-state index contributed by atoms with van der Waals surface area (Å²) in [5.74, 6) is 2.14. The highest BCUT2D eigenvalue weighted by Gasteiger charge is 2.39. The van der Waals surface area contributed by atoms with E-state index in [1.807, 2.05) is 6.07 Å². The zero-order chi connectivity index (χ0) is 19.3. The molecular formula is C22H28N6. The van der Waals surface area contributed by atoms with Gasteiger partial charge >= 0.3 is 0 Å². The van der Waals surface area contributed by atoms with Gasteiger partial charge in [-0.05, 0) is 33.6 Å². The molecule has 2 atom stereocenters. The van der Waals surface area contributed by atoms with Gasteiger partial charge in [-0.25, -0.2) is 0 Å². The van der Waals surface area contributed by atoms with Crippen molar-refractivity contribution in [1.29, 1.82) is 0 Å². The maximum absolute atomic E-state index is 4.73. The van der Waals surface area contributed by atoms with Crippen molar-refractivity contribution in [2.45, 2.75) is 71.8 Å². The van der Waals surface area contributed by atoms with Gasteiger partial charge in [-0.15, -0.1) is 10.2 Å². The van der Waals surface area contributed by atoms with Crippen LogP contribution in [0.15, 0.2) is 30.3 Å². The van der Waals surface area contributed by atoms with Gasteiger partial charge in [0.2, 0.25) is 0 Å². The number of fused-ring (bicyclic) bond motifs is 3. The SMILES string of the molecule is CCn1nc(C)c(CN2[C@@H]3CC[C@H]2Cc2nnc(-c4ccccc4)n2C3)c1C. The molecule has 0 unspecified atom stereocenters. The molecule has 3 aromatic rings. The number of rotatable bonds is 4. The minimum absolute atomic E-state index is 0.536. The summed E-state index contributed by atoms with van der Waals surface area (Å²) in [4.78, 5) is 2.71. The van der Waals surface area contributed by atoms with E-state index in [9.17, 15) is 0 Å². The normalized spacial score (nSPS) is 21.7. The lowest BCUT2D eigenvalue weighted by Crippen LogP contribution is -2.36. The zero-order valence-electron chi connectivity index (χ0n) is 17.0. The van der Waals surface area contributed by atoms with Crippen LogP contribution >= 0.6 is 0 Å². The molecule has 2 aromatic heterocycles. The maximum atomic E-state index is 4.73. The monoisotopic (exact) mass is 376 g/mol. The summed E-state index contributed by atoms with van der Waals surface area (Å²) in [5.41, 5.74) is 5.04.